The zero-order valence-corrected chi connectivity index (χ0v) is 9.66. The number of ether oxygens (including phenoxy) is 1. The molecule has 0 amide bonds. The van der Waals surface area contributed by atoms with Crippen molar-refractivity contribution in [2.24, 2.45) is 0 Å². The van der Waals surface area contributed by atoms with Gasteiger partial charge in [0.2, 0.25) is 0 Å². The van der Waals surface area contributed by atoms with Crippen LogP contribution in [0.4, 0.5) is 5.69 Å². The number of anilines is 1. The quantitative estimate of drug-likeness (QED) is 0.859. The molecule has 0 aliphatic heterocycles. The van der Waals surface area contributed by atoms with E-state index in [-0.39, 0.29) is 0 Å². The van der Waals surface area contributed by atoms with Gasteiger partial charge in [-0.05, 0) is 36.4 Å². The van der Waals surface area contributed by atoms with Crippen LogP contribution in [0, 0.1) is 0 Å². The van der Waals surface area contributed by atoms with Crippen molar-refractivity contribution in [2.75, 3.05) is 12.4 Å². The Morgan fingerprint density at radius 3 is 2.44 bits per heavy atom. The van der Waals surface area contributed by atoms with E-state index in [9.17, 15) is 0 Å². The van der Waals surface area contributed by atoms with Gasteiger partial charge in [-0.15, -0.1) is 0 Å². The monoisotopic (exact) mass is 233 g/mol. The van der Waals surface area contributed by atoms with E-state index in [1.165, 1.54) is 0 Å². The molecule has 0 radical (unpaired) electrons. The smallest absolute Gasteiger partial charge is 0.129 e. The summed E-state index contributed by atoms with van der Waals surface area (Å²) in [6.45, 7) is 0. The van der Waals surface area contributed by atoms with Gasteiger partial charge in [-0.2, -0.15) is 0 Å². The molecule has 2 aromatic rings. The van der Waals surface area contributed by atoms with Crippen LogP contribution in [-0.4, -0.2) is 7.05 Å². The standard InChI is InChI=1S/C13H12ClNO/c1-15-11-3-2-4-13(9-11)16-12-7-5-10(14)6-8-12/h2-9,15H,1H3. The minimum Gasteiger partial charge on any atom is -0.457 e. The Morgan fingerprint density at radius 1 is 1.00 bits per heavy atom. The van der Waals surface area contributed by atoms with Crippen molar-refractivity contribution in [1.82, 2.24) is 0 Å². The molecule has 82 valence electrons. The number of benzene rings is 2. The average molecular weight is 234 g/mol. The molecule has 0 fully saturated rings. The molecule has 2 aromatic carbocycles. The summed E-state index contributed by atoms with van der Waals surface area (Å²) in [6, 6.07) is 15.1. The van der Waals surface area contributed by atoms with Gasteiger partial charge in [-0.25, -0.2) is 0 Å². The van der Waals surface area contributed by atoms with E-state index in [2.05, 4.69) is 5.32 Å². The molecule has 2 nitrogen and oxygen atoms in total. The zero-order valence-electron chi connectivity index (χ0n) is 8.91. The van der Waals surface area contributed by atoms with Crippen LogP contribution in [0.5, 0.6) is 11.5 Å². The molecule has 0 unspecified atom stereocenters. The van der Waals surface area contributed by atoms with Crippen molar-refractivity contribution in [2.45, 2.75) is 0 Å². The minimum absolute atomic E-state index is 0.705. The van der Waals surface area contributed by atoms with Crippen molar-refractivity contribution in [3.05, 3.63) is 53.6 Å². The molecule has 0 spiro atoms. The van der Waals surface area contributed by atoms with Crippen LogP contribution in [0.15, 0.2) is 48.5 Å². The highest BCUT2D eigenvalue weighted by molar-refractivity contribution is 6.30. The summed E-state index contributed by atoms with van der Waals surface area (Å²) in [5, 5.41) is 3.77. The van der Waals surface area contributed by atoms with E-state index >= 15 is 0 Å². The first-order chi connectivity index (χ1) is 7.78. The zero-order chi connectivity index (χ0) is 11.4. The number of nitrogens with one attached hydrogen (secondary N) is 1. The largest absolute Gasteiger partial charge is 0.457 e. The van der Waals surface area contributed by atoms with E-state index in [0.29, 0.717) is 5.02 Å². The summed E-state index contributed by atoms with van der Waals surface area (Å²) in [6.07, 6.45) is 0. The molecule has 0 saturated carbocycles. The van der Waals surface area contributed by atoms with Crippen molar-refractivity contribution >= 4 is 17.3 Å². The third kappa shape index (κ3) is 2.67. The number of rotatable bonds is 3. The van der Waals surface area contributed by atoms with Crippen LogP contribution in [-0.2, 0) is 0 Å². The van der Waals surface area contributed by atoms with Gasteiger partial charge in [0.25, 0.3) is 0 Å². The van der Waals surface area contributed by atoms with E-state index in [1.54, 1.807) is 12.1 Å². The summed E-state index contributed by atoms with van der Waals surface area (Å²) in [5.41, 5.74) is 1.02. The van der Waals surface area contributed by atoms with E-state index < -0.39 is 0 Å². The maximum absolute atomic E-state index is 5.80. The molecule has 0 aromatic heterocycles. The lowest BCUT2D eigenvalue weighted by molar-refractivity contribution is 0.483. The van der Waals surface area contributed by atoms with E-state index in [1.807, 2.05) is 43.4 Å². The van der Waals surface area contributed by atoms with E-state index in [4.69, 9.17) is 16.3 Å². The van der Waals surface area contributed by atoms with Gasteiger partial charge in [0.05, 0.1) is 0 Å². The fraction of sp³-hybridized carbons (Fsp3) is 0.0769. The highest BCUT2D eigenvalue weighted by Gasteiger charge is 1.98. The average Bonchev–Trinajstić information content (AvgIpc) is 2.32. The van der Waals surface area contributed by atoms with Gasteiger partial charge < -0.3 is 10.1 Å². The Bertz CT molecular complexity index is 468. The second kappa shape index (κ2) is 4.90. The van der Waals surface area contributed by atoms with Crippen LogP contribution in [0.1, 0.15) is 0 Å². The third-order valence-corrected chi connectivity index (χ3v) is 2.42. The second-order valence-corrected chi connectivity index (χ2v) is 3.77. The molecule has 0 aliphatic rings. The maximum Gasteiger partial charge on any atom is 0.129 e. The maximum atomic E-state index is 5.80. The fourth-order valence-electron chi connectivity index (χ4n) is 1.35. The SMILES string of the molecule is CNc1cccc(Oc2ccc(Cl)cc2)c1. The Kier molecular flexibility index (Phi) is 3.32. The van der Waals surface area contributed by atoms with Gasteiger partial charge in [-0.3, -0.25) is 0 Å². The lowest BCUT2D eigenvalue weighted by Crippen LogP contribution is -1.89. The molecule has 0 bridgehead atoms. The summed E-state index contributed by atoms with van der Waals surface area (Å²) < 4.78 is 5.68. The molecule has 0 saturated heterocycles. The van der Waals surface area contributed by atoms with Crippen molar-refractivity contribution in [3.63, 3.8) is 0 Å². The number of hydrogen-bond donors (Lipinski definition) is 1. The number of halogens is 1. The van der Waals surface area contributed by atoms with Gasteiger partial charge in [0.15, 0.2) is 0 Å². The Morgan fingerprint density at radius 2 is 1.75 bits per heavy atom. The molecular formula is C13H12ClNO. The highest BCUT2D eigenvalue weighted by Crippen LogP contribution is 2.24. The van der Waals surface area contributed by atoms with Gasteiger partial charge >= 0.3 is 0 Å². The molecule has 16 heavy (non-hydrogen) atoms. The molecule has 0 heterocycles. The van der Waals surface area contributed by atoms with Crippen molar-refractivity contribution < 1.29 is 4.74 Å². The lowest BCUT2D eigenvalue weighted by atomic mass is 10.3. The molecular weight excluding hydrogens is 222 g/mol. The molecule has 3 heteroatoms. The van der Waals surface area contributed by atoms with Crippen LogP contribution >= 0.6 is 11.6 Å². The summed E-state index contributed by atoms with van der Waals surface area (Å²) in [4.78, 5) is 0. The van der Waals surface area contributed by atoms with Crippen LogP contribution in [0.3, 0.4) is 0 Å². The summed E-state index contributed by atoms with van der Waals surface area (Å²) in [7, 11) is 1.88. The molecule has 1 N–H and O–H groups in total. The molecule has 0 atom stereocenters. The highest BCUT2D eigenvalue weighted by atomic mass is 35.5. The van der Waals surface area contributed by atoms with Crippen molar-refractivity contribution in [1.29, 1.82) is 0 Å². The first-order valence-electron chi connectivity index (χ1n) is 4.99. The first kappa shape index (κ1) is 10.8. The fourth-order valence-corrected chi connectivity index (χ4v) is 1.48. The van der Waals surface area contributed by atoms with Gasteiger partial charge in [0, 0.05) is 23.8 Å². The lowest BCUT2D eigenvalue weighted by Gasteiger charge is -2.07. The molecule has 2 rings (SSSR count). The van der Waals surface area contributed by atoms with Crippen LogP contribution in [0.25, 0.3) is 0 Å². The van der Waals surface area contributed by atoms with Crippen molar-refractivity contribution in [3.8, 4) is 11.5 Å². The predicted octanol–water partition coefficient (Wildman–Crippen LogP) is 4.17. The second-order valence-electron chi connectivity index (χ2n) is 3.33. The normalized spacial score (nSPS) is 9.88. The van der Waals surface area contributed by atoms with Gasteiger partial charge in [-0.1, -0.05) is 17.7 Å². The van der Waals surface area contributed by atoms with Crippen LogP contribution < -0.4 is 10.1 Å². The summed E-state index contributed by atoms with van der Waals surface area (Å²) >= 11 is 5.80. The number of hydrogen-bond acceptors (Lipinski definition) is 2. The Hall–Kier alpha value is -1.67. The van der Waals surface area contributed by atoms with Crippen LogP contribution in [0.2, 0.25) is 5.02 Å². The summed E-state index contributed by atoms with van der Waals surface area (Å²) in [5.74, 6) is 1.58. The van der Waals surface area contributed by atoms with Gasteiger partial charge in [0.1, 0.15) is 11.5 Å². The Balaban J connectivity index is 2.16. The molecule has 0 aliphatic carbocycles. The minimum atomic E-state index is 0.705. The third-order valence-electron chi connectivity index (χ3n) is 2.17. The first-order valence-corrected chi connectivity index (χ1v) is 5.37. The predicted molar refractivity (Wildman–Crippen MR) is 67.5 cm³/mol. The topological polar surface area (TPSA) is 21.3 Å². The van der Waals surface area contributed by atoms with E-state index in [0.717, 1.165) is 17.2 Å². The Labute approximate surface area is 99.8 Å².